The molecule has 1 rings (SSSR count). The van der Waals surface area contributed by atoms with Crippen molar-refractivity contribution in [3.8, 4) is 0 Å². The molecule has 0 aromatic heterocycles. The normalized spacial score (nSPS) is 19.8. The van der Waals surface area contributed by atoms with Crippen molar-refractivity contribution < 1.29 is 4.79 Å². The molecule has 0 radical (unpaired) electrons. The van der Waals surface area contributed by atoms with E-state index in [1.807, 2.05) is 18.9 Å². The summed E-state index contributed by atoms with van der Waals surface area (Å²) in [4.78, 5) is 16.7. The summed E-state index contributed by atoms with van der Waals surface area (Å²) in [5.74, 6) is 0.234. The number of piperidine rings is 1. The molecule has 1 heterocycles. The lowest BCUT2D eigenvalue weighted by Gasteiger charge is -2.37. The van der Waals surface area contributed by atoms with E-state index in [2.05, 4.69) is 11.8 Å². The Hall–Kier alpha value is -0.610. The van der Waals surface area contributed by atoms with Gasteiger partial charge in [-0.3, -0.25) is 4.79 Å². The van der Waals surface area contributed by atoms with Gasteiger partial charge in [0, 0.05) is 32.7 Å². The minimum absolute atomic E-state index is 0.00340. The summed E-state index contributed by atoms with van der Waals surface area (Å²) in [6.07, 6.45) is 4.26. The Morgan fingerprint density at radius 2 is 2.00 bits per heavy atom. The first-order valence-electron chi connectivity index (χ1n) is 7.33. The van der Waals surface area contributed by atoms with Crippen molar-refractivity contribution in [2.24, 2.45) is 11.7 Å². The van der Waals surface area contributed by atoms with Gasteiger partial charge in [-0.1, -0.05) is 13.8 Å². The van der Waals surface area contributed by atoms with Crippen LogP contribution < -0.4 is 5.73 Å². The molecule has 106 valence electrons. The molecule has 0 aromatic rings. The van der Waals surface area contributed by atoms with E-state index in [0.29, 0.717) is 12.6 Å². The highest BCUT2D eigenvalue weighted by molar-refractivity contribution is 5.79. The van der Waals surface area contributed by atoms with Crippen LogP contribution in [0.15, 0.2) is 0 Å². The van der Waals surface area contributed by atoms with E-state index in [4.69, 9.17) is 5.73 Å². The van der Waals surface area contributed by atoms with Crippen LogP contribution in [0.5, 0.6) is 0 Å². The summed E-state index contributed by atoms with van der Waals surface area (Å²) < 4.78 is 0. The smallest absolute Gasteiger partial charge is 0.226 e. The molecular weight excluding hydrogens is 226 g/mol. The third-order valence-electron chi connectivity index (χ3n) is 4.12. The Bertz CT molecular complexity index is 245. The van der Waals surface area contributed by atoms with E-state index >= 15 is 0 Å². The maximum Gasteiger partial charge on any atom is 0.226 e. The van der Waals surface area contributed by atoms with Crippen LogP contribution in [0.3, 0.4) is 0 Å². The van der Waals surface area contributed by atoms with Crippen LogP contribution in [0, 0.1) is 5.92 Å². The van der Waals surface area contributed by atoms with E-state index in [0.717, 1.165) is 32.4 Å². The van der Waals surface area contributed by atoms with Crippen LogP contribution in [0.25, 0.3) is 0 Å². The van der Waals surface area contributed by atoms with Crippen LogP contribution in [-0.4, -0.2) is 55.0 Å². The molecule has 1 unspecified atom stereocenters. The van der Waals surface area contributed by atoms with E-state index in [1.165, 1.54) is 13.0 Å². The van der Waals surface area contributed by atoms with Crippen molar-refractivity contribution in [1.82, 2.24) is 9.80 Å². The summed E-state index contributed by atoms with van der Waals surface area (Å²) in [7, 11) is 1.95. The molecule has 1 atom stereocenters. The molecule has 0 spiro atoms. The molecule has 2 N–H and O–H groups in total. The first-order chi connectivity index (χ1) is 8.63. The van der Waals surface area contributed by atoms with Crippen LogP contribution in [0.2, 0.25) is 0 Å². The van der Waals surface area contributed by atoms with Gasteiger partial charge in [0.25, 0.3) is 0 Å². The van der Waals surface area contributed by atoms with Gasteiger partial charge in [-0.15, -0.1) is 0 Å². The number of nitrogens with two attached hydrogens (primary N) is 1. The van der Waals surface area contributed by atoms with Gasteiger partial charge >= 0.3 is 0 Å². The van der Waals surface area contributed by atoms with Gasteiger partial charge in [0.1, 0.15) is 0 Å². The minimum atomic E-state index is 0.00340. The zero-order valence-corrected chi connectivity index (χ0v) is 12.2. The highest BCUT2D eigenvalue weighted by Gasteiger charge is 2.27. The number of carbonyl (C=O) groups excluding carboxylic acids is 1. The van der Waals surface area contributed by atoms with Crippen molar-refractivity contribution >= 4 is 5.91 Å². The molecule has 0 aliphatic carbocycles. The monoisotopic (exact) mass is 255 g/mol. The largest absolute Gasteiger partial charge is 0.342 e. The number of carbonyl (C=O) groups is 1. The molecule has 1 aliphatic rings. The summed E-state index contributed by atoms with van der Waals surface area (Å²) >= 11 is 0. The van der Waals surface area contributed by atoms with Crippen molar-refractivity contribution in [1.29, 1.82) is 0 Å². The molecule has 4 nitrogen and oxygen atoms in total. The number of nitrogens with zero attached hydrogens (tertiary/aromatic N) is 2. The van der Waals surface area contributed by atoms with Crippen LogP contribution in [0.4, 0.5) is 0 Å². The Kier molecular flexibility index (Phi) is 6.65. The maximum atomic E-state index is 12.2. The second-order valence-electron chi connectivity index (χ2n) is 5.36. The average Bonchev–Trinajstić information content (AvgIpc) is 2.40. The van der Waals surface area contributed by atoms with Gasteiger partial charge in [-0.2, -0.15) is 0 Å². The fourth-order valence-corrected chi connectivity index (χ4v) is 2.76. The first-order valence-corrected chi connectivity index (χ1v) is 7.33. The van der Waals surface area contributed by atoms with Gasteiger partial charge < -0.3 is 15.5 Å². The lowest BCUT2D eigenvalue weighted by atomic mass is 9.99. The summed E-state index contributed by atoms with van der Waals surface area (Å²) in [6, 6.07) is 0.409. The third kappa shape index (κ3) is 3.95. The lowest BCUT2D eigenvalue weighted by Crippen LogP contribution is -2.48. The number of amides is 1. The molecule has 0 saturated carbocycles. The van der Waals surface area contributed by atoms with Gasteiger partial charge in [0.15, 0.2) is 0 Å². The summed E-state index contributed by atoms with van der Waals surface area (Å²) in [5, 5.41) is 0. The first kappa shape index (κ1) is 15.4. The van der Waals surface area contributed by atoms with Crippen molar-refractivity contribution in [3.63, 3.8) is 0 Å². The number of hydrogen-bond donors (Lipinski definition) is 1. The Labute approximate surface area is 111 Å². The predicted octanol–water partition coefficient (Wildman–Crippen LogP) is 1.30. The van der Waals surface area contributed by atoms with E-state index in [-0.39, 0.29) is 11.8 Å². The Balaban J connectivity index is 2.44. The second kappa shape index (κ2) is 7.74. The fourth-order valence-electron chi connectivity index (χ4n) is 2.76. The number of hydrogen-bond acceptors (Lipinski definition) is 3. The second-order valence-corrected chi connectivity index (χ2v) is 5.36. The zero-order chi connectivity index (χ0) is 13.5. The third-order valence-corrected chi connectivity index (χ3v) is 4.12. The fraction of sp³-hybridized carbons (Fsp3) is 0.929. The number of rotatable bonds is 6. The molecule has 0 aromatic carbocycles. The van der Waals surface area contributed by atoms with Gasteiger partial charge in [-0.25, -0.2) is 0 Å². The van der Waals surface area contributed by atoms with Gasteiger partial charge in [-0.05, 0) is 32.2 Å². The van der Waals surface area contributed by atoms with Crippen LogP contribution in [0.1, 0.15) is 39.5 Å². The van der Waals surface area contributed by atoms with Crippen molar-refractivity contribution in [3.05, 3.63) is 0 Å². The molecule has 1 aliphatic heterocycles. The van der Waals surface area contributed by atoms with Gasteiger partial charge in [0.2, 0.25) is 5.91 Å². The van der Waals surface area contributed by atoms with E-state index < -0.39 is 0 Å². The molecule has 1 saturated heterocycles. The zero-order valence-electron chi connectivity index (χ0n) is 12.2. The van der Waals surface area contributed by atoms with Crippen LogP contribution in [-0.2, 0) is 4.79 Å². The molecule has 18 heavy (non-hydrogen) atoms. The standard InChI is InChI=1S/C14H29N3O/c1-4-8-17-9-6-13(7-10-17)16(3)14(18)12(5-2)11-15/h12-13H,4-11,15H2,1-3H3. The highest BCUT2D eigenvalue weighted by atomic mass is 16.2. The molecule has 0 bridgehead atoms. The highest BCUT2D eigenvalue weighted by Crippen LogP contribution is 2.18. The number of likely N-dealkylation sites (tertiary alicyclic amines) is 1. The lowest BCUT2D eigenvalue weighted by molar-refractivity contribution is -0.137. The SMILES string of the molecule is CCCN1CCC(N(C)C(=O)C(CC)CN)CC1. The summed E-state index contributed by atoms with van der Waals surface area (Å²) in [5.41, 5.74) is 5.66. The predicted molar refractivity (Wildman–Crippen MR) is 75.4 cm³/mol. The van der Waals surface area contributed by atoms with Crippen LogP contribution >= 0.6 is 0 Å². The molecule has 1 fully saturated rings. The Morgan fingerprint density at radius 3 is 2.44 bits per heavy atom. The Morgan fingerprint density at radius 1 is 1.39 bits per heavy atom. The minimum Gasteiger partial charge on any atom is -0.342 e. The van der Waals surface area contributed by atoms with E-state index in [1.54, 1.807) is 0 Å². The van der Waals surface area contributed by atoms with Crippen molar-refractivity contribution in [2.45, 2.75) is 45.6 Å². The quantitative estimate of drug-likeness (QED) is 0.778. The molecule has 4 heteroatoms. The van der Waals surface area contributed by atoms with E-state index in [9.17, 15) is 4.79 Å². The maximum absolute atomic E-state index is 12.2. The van der Waals surface area contributed by atoms with Gasteiger partial charge in [0.05, 0.1) is 5.92 Å². The molecule has 1 amide bonds. The summed E-state index contributed by atoms with van der Waals surface area (Å²) in [6.45, 7) is 8.14. The molecular formula is C14H29N3O. The average molecular weight is 255 g/mol. The van der Waals surface area contributed by atoms with Crippen molar-refractivity contribution in [2.75, 3.05) is 33.2 Å². The topological polar surface area (TPSA) is 49.6 Å².